The Morgan fingerprint density at radius 3 is 2.60 bits per heavy atom. The predicted molar refractivity (Wildman–Crippen MR) is 117 cm³/mol. The molecule has 30 heavy (non-hydrogen) atoms. The first-order valence-electron chi connectivity index (χ1n) is 9.81. The Morgan fingerprint density at radius 2 is 1.90 bits per heavy atom. The number of nitro groups is 1. The summed E-state index contributed by atoms with van der Waals surface area (Å²) in [5.74, 6) is 1.08. The fourth-order valence-corrected chi connectivity index (χ4v) is 4.98. The Morgan fingerprint density at radius 1 is 1.13 bits per heavy atom. The van der Waals surface area contributed by atoms with E-state index >= 15 is 0 Å². The number of benzene rings is 3. The average Bonchev–Trinajstić information content (AvgIpc) is 2.91. The summed E-state index contributed by atoms with van der Waals surface area (Å²) in [7, 11) is 3.60. The third-order valence-corrected chi connectivity index (χ3v) is 6.58. The zero-order valence-electron chi connectivity index (χ0n) is 17.3. The fourth-order valence-electron chi connectivity index (χ4n) is 4.98. The van der Waals surface area contributed by atoms with Crippen LogP contribution in [0.4, 0.5) is 11.4 Å². The third-order valence-electron chi connectivity index (χ3n) is 6.58. The van der Waals surface area contributed by atoms with Gasteiger partial charge in [-0.05, 0) is 49.1 Å². The number of ether oxygens (including phenoxy) is 2. The van der Waals surface area contributed by atoms with Gasteiger partial charge in [-0.3, -0.25) is 10.1 Å². The van der Waals surface area contributed by atoms with E-state index in [9.17, 15) is 10.1 Å². The Labute approximate surface area is 174 Å². The van der Waals surface area contributed by atoms with Gasteiger partial charge in [0.15, 0.2) is 11.5 Å². The Kier molecular flexibility index (Phi) is 3.69. The van der Waals surface area contributed by atoms with Gasteiger partial charge in [-0.15, -0.1) is 0 Å². The standard InChI is InChI=1S/C24H22N2O4/c1-23(2)17-9-5-6-10-18(17)25(3)24(23)13-12-16-21-15(8-7-11-19(21)26(27)28)14-20(29-4)22(16)30-24/h5-14H,1-4H3. The van der Waals surface area contributed by atoms with Crippen LogP contribution < -0.4 is 14.4 Å². The summed E-state index contributed by atoms with van der Waals surface area (Å²) in [6.45, 7) is 4.31. The van der Waals surface area contributed by atoms with Crippen molar-refractivity contribution < 1.29 is 14.4 Å². The van der Waals surface area contributed by atoms with Crippen molar-refractivity contribution in [2.24, 2.45) is 0 Å². The van der Waals surface area contributed by atoms with Crippen LogP contribution in [0.1, 0.15) is 25.0 Å². The van der Waals surface area contributed by atoms with E-state index in [1.165, 1.54) is 11.6 Å². The molecule has 6 heteroatoms. The van der Waals surface area contributed by atoms with Gasteiger partial charge in [0.2, 0.25) is 5.72 Å². The lowest BCUT2D eigenvalue weighted by molar-refractivity contribution is -0.383. The van der Waals surface area contributed by atoms with Gasteiger partial charge in [0.1, 0.15) is 0 Å². The van der Waals surface area contributed by atoms with Crippen LogP contribution in [-0.4, -0.2) is 24.8 Å². The topological polar surface area (TPSA) is 64.8 Å². The molecule has 0 bridgehead atoms. The molecule has 2 aliphatic heterocycles. The van der Waals surface area contributed by atoms with Crippen molar-refractivity contribution in [3.63, 3.8) is 0 Å². The van der Waals surface area contributed by atoms with Crippen molar-refractivity contribution in [1.82, 2.24) is 0 Å². The molecule has 0 fully saturated rings. The second-order valence-electron chi connectivity index (χ2n) is 8.29. The summed E-state index contributed by atoms with van der Waals surface area (Å²) >= 11 is 0. The normalized spacial score (nSPS) is 20.7. The first kappa shape index (κ1) is 18.5. The summed E-state index contributed by atoms with van der Waals surface area (Å²) in [4.78, 5) is 13.5. The number of para-hydroxylation sites is 1. The molecular formula is C24H22N2O4. The Hall–Kier alpha value is -3.54. The van der Waals surface area contributed by atoms with E-state index in [0.717, 1.165) is 11.1 Å². The van der Waals surface area contributed by atoms with Gasteiger partial charge >= 0.3 is 0 Å². The second-order valence-corrected chi connectivity index (χ2v) is 8.29. The molecule has 152 valence electrons. The predicted octanol–water partition coefficient (Wildman–Crippen LogP) is 5.29. The SMILES string of the molecule is COc1cc2cccc([N+](=O)[O-])c2c2c1OC1(C=C2)N(C)c2ccccc2C1(C)C. The van der Waals surface area contributed by atoms with Gasteiger partial charge in [0, 0.05) is 24.4 Å². The third kappa shape index (κ3) is 2.13. The van der Waals surface area contributed by atoms with E-state index in [1.807, 2.05) is 43.5 Å². The van der Waals surface area contributed by atoms with Crippen LogP contribution in [0.2, 0.25) is 0 Å². The van der Waals surface area contributed by atoms with E-state index in [-0.39, 0.29) is 16.0 Å². The number of nitrogens with zero attached hydrogens (tertiary/aromatic N) is 2. The van der Waals surface area contributed by atoms with Crippen LogP contribution >= 0.6 is 0 Å². The second kappa shape index (κ2) is 5.98. The lowest BCUT2D eigenvalue weighted by Crippen LogP contribution is -2.58. The van der Waals surface area contributed by atoms with Crippen molar-refractivity contribution in [1.29, 1.82) is 0 Å². The highest BCUT2D eigenvalue weighted by atomic mass is 16.6. The van der Waals surface area contributed by atoms with E-state index in [0.29, 0.717) is 22.4 Å². The zero-order chi connectivity index (χ0) is 21.3. The maximum absolute atomic E-state index is 11.7. The van der Waals surface area contributed by atoms with Crippen LogP contribution in [0.5, 0.6) is 11.5 Å². The highest BCUT2D eigenvalue weighted by Gasteiger charge is 2.58. The molecule has 0 saturated carbocycles. The van der Waals surface area contributed by atoms with Gasteiger partial charge in [0.05, 0.1) is 22.8 Å². The van der Waals surface area contributed by atoms with Crippen molar-refractivity contribution in [2.45, 2.75) is 25.0 Å². The molecule has 0 saturated heterocycles. The summed E-state index contributed by atoms with van der Waals surface area (Å²) in [5.41, 5.74) is 1.86. The molecule has 0 aliphatic carbocycles. The molecule has 0 N–H and O–H groups in total. The van der Waals surface area contributed by atoms with Crippen LogP contribution in [0.15, 0.2) is 54.6 Å². The lowest BCUT2D eigenvalue weighted by atomic mass is 9.76. The molecule has 3 aromatic rings. The van der Waals surface area contributed by atoms with Crippen LogP contribution in [0.3, 0.4) is 0 Å². The molecule has 6 nitrogen and oxygen atoms in total. The maximum Gasteiger partial charge on any atom is 0.277 e. The number of hydrogen-bond donors (Lipinski definition) is 0. The molecule has 1 unspecified atom stereocenters. The Balaban J connectivity index is 1.79. The minimum absolute atomic E-state index is 0.0536. The number of non-ortho nitro benzene ring substituents is 1. The molecule has 0 radical (unpaired) electrons. The van der Waals surface area contributed by atoms with E-state index in [2.05, 4.69) is 30.9 Å². The van der Waals surface area contributed by atoms with E-state index in [4.69, 9.17) is 9.47 Å². The van der Waals surface area contributed by atoms with Gasteiger partial charge < -0.3 is 14.4 Å². The van der Waals surface area contributed by atoms with Crippen LogP contribution in [0, 0.1) is 10.1 Å². The largest absolute Gasteiger partial charge is 0.493 e. The zero-order valence-corrected chi connectivity index (χ0v) is 17.3. The highest BCUT2D eigenvalue weighted by molar-refractivity contribution is 6.02. The van der Waals surface area contributed by atoms with Gasteiger partial charge in [-0.25, -0.2) is 0 Å². The number of anilines is 1. The maximum atomic E-state index is 11.7. The molecule has 2 heterocycles. The molecule has 1 atom stereocenters. The summed E-state index contributed by atoms with van der Waals surface area (Å²) in [5, 5.41) is 13.0. The molecule has 3 aromatic carbocycles. The fraction of sp³-hybridized carbons (Fsp3) is 0.250. The first-order valence-corrected chi connectivity index (χ1v) is 9.81. The number of nitro benzene ring substituents is 1. The van der Waals surface area contributed by atoms with E-state index < -0.39 is 5.72 Å². The quantitative estimate of drug-likeness (QED) is 0.431. The van der Waals surface area contributed by atoms with Crippen molar-refractivity contribution in [3.8, 4) is 11.5 Å². The summed E-state index contributed by atoms with van der Waals surface area (Å²) in [6.07, 6.45) is 3.96. The number of methoxy groups -OCH3 is 1. The summed E-state index contributed by atoms with van der Waals surface area (Å²) in [6, 6.07) is 15.1. The van der Waals surface area contributed by atoms with Gasteiger partial charge in [-0.1, -0.05) is 30.3 Å². The molecule has 0 aromatic heterocycles. The number of rotatable bonds is 2. The molecular weight excluding hydrogens is 380 g/mol. The summed E-state index contributed by atoms with van der Waals surface area (Å²) < 4.78 is 12.4. The van der Waals surface area contributed by atoms with Crippen LogP contribution in [-0.2, 0) is 5.41 Å². The monoisotopic (exact) mass is 402 g/mol. The number of fused-ring (bicyclic) bond motifs is 4. The smallest absolute Gasteiger partial charge is 0.277 e. The molecule has 1 spiro atoms. The first-order chi connectivity index (χ1) is 14.3. The molecule has 5 rings (SSSR count). The minimum Gasteiger partial charge on any atom is -0.493 e. The molecule has 0 amide bonds. The number of likely N-dealkylation sites (N-methyl/N-ethyl adjacent to an activating group) is 1. The van der Waals surface area contributed by atoms with Crippen LogP contribution in [0.25, 0.3) is 16.8 Å². The van der Waals surface area contributed by atoms with Crippen molar-refractivity contribution in [2.75, 3.05) is 19.1 Å². The lowest BCUT2D eigenvalue weighted by Gasteiger charge is -2.46. The molecule has 2 aliphatic rings. The van der Waals surface area contributed by atoms with E-state index in [1.54, 1.807) is 13.2 Å². The van der Waals surface area contributed by atoms with Gasteiger partial charge in [-0.2, -0.15) is 0 Å². The Bertz CT molecular complexity index is 1250. The number of hydrogen-bond acceptors (Lipinski definition) is 5. The van der Waals surface area contributed by atoms with Crippen molar-refractivity contribution in [3.05, 3.63) is 75.8 Å². The van der Waals surface area contributed by atoms with Crippen molar-refractivity contribution >= 4 is 28.2 Å². The minimum atomic E-state index is -0.784. The highest BCUT2D eigenvalue weighted by Crippen LogP contribution is 2.56. The average molecular weight is 402 g/mol. The van der Waals surface area contributed by atoms with Gasteiger partial charge in [0.25, 0.3) is 5.69 Å².